The average molecular weight is 372 g/mol. The molecule has 24 heavy (non-hydrogen) atoms. The smallest absolute Gasteiger partial charge is 0.245 e. The van der Waals surface area contributed by atoms with Crippen LogP contribution < -0.4 is 0 Å². The van der Waals surface area contributed by atoms with Gasteiger partial charge in [0.2, 0.25) is 5.91 Å². The van der Waals surface area contributed by atoms with Crippen molar-refractivity contribution in [2.75, 3.05) is 0 Å². The molecule has 1 amide bonds. The second kappa shape index (κ2) is 8.99. The maximum Gasteiger partial charge on any atom is 0.245 e. The molecular formula is C19H41NO2Si2. The Labute approximate surface area is 152 Å². The van der Waals surface area contributed by atoms with Crippen LogP contribution in [0.5, 0.6) is 0 Å². The molecule has 1 aliphatic rings. The monoisotopic (exact) mass is 371 g/mol. The van der Waals surface area contributed by atoms with E-state index in [-0.39, 0.29) is 6.10 Å². The first-order valence-electron chi connectivity index (χ1n) is 10.3. The Bertz CT molecular complexity index is 390. The molecule has 5 heteroatoms. The molecule has 0 radical (unpaired) electrons. The van der Waals surface area contributed by atoms with Gasteiger partial charge < -0.3 is 8.99 Å². The van der Waals surface area contributed by atoms with Crippen LogP contribution in [-0.2, 0) is 9.22 Å². The summed E-state index contributed by atoms with van der Waals surface area (Å²) in [6, 6.07) is 7.21. The number of rotatable bonds is 11. The van der Waals surface area contributed by atoms with Crippen molar-refractivity contribution in [1.29, 1.82) is 0 Å². The second-order valence-corrected chi connectivity index (χ2v) is 17.7. The van der Waals surface area contributed by atoms with Gasteiger partial charge in [-0.1, -0.05) is 55.4 Å². The molecule has 0 bridgehead atoms. The van der Waals surface area contributed by atoms with Crippen LogP contribution in [0.4, 0.5) is 0 Å². The summed E-state index contributed by atoms with van der Waals surface area (Å²) < 4.78 is 9.04. The second-order valence-electron chi connectivity index (χ2n) is 7.97. The average Bonchev–Trinajstić information content (AvgIpc) is 2.60. The first-order valence-corrected chi connectivity index (χ1v) is 15.4. The fourth-order valence-electron chi connectivity index (χ4n) is 4.48. The fourth-order valence-corrected chi connectivity index (χ4v) is 11.3. The van der Waals surface area contributed by atoms with Crippen LogP contribution in [0.25, 0.3) is 0 Å². The van der Waals surface area contributed by atoms with Gasteiger partial charge in [-0.15, -0.1) is 0 Å². The number of amides is 1. The summed E-state index contributed by atoms with van der Waals surface area (Å²) in [6.45, 7) is 18.2. The number of hydrogen-bond donors (Lipinski definition) is 0. The van der Waals surface area contributed by atoms with Crippen molar-refractivity contribution < 1.29 is 9.22 Å². The van der Waals surface area contributed by atoms with Crippen molar-refractivity contribution in [2.45, 2.75) is 110 Å². The summed E-state index contributed by atoms with van der Waals surface area (Å²) in [5.41, 5.74) is 0. The molecule has 0 aromatic heterocycles. The lowest BCUT2D eigenvalue weighted by atomic mass is 9.93. The van der Waals surface area contributed by atoms with Gasteiger partial charge >= 0.3 is 0 Å². The summed E-state index contributed by atoms with van der Waals surface area (Å²) in [7, 11) is -3.39. The minimum absolute atomic E-state index is 0.143. The molecule has 1 rings (SSSR count). The van der Waals surface area contributed by atoms with E-state index in [0.29, 0.717) is 17.9 Å². The summed E-state index contributed by atoms with van der Waals surface area (Å²) >= 11 is 0. The first-order chi connectivity index (χ1) is 11.3. The highest BCUT2D eigenvalue weighted by molar-refractivity contribution is 6.80. The van der Waals surface area contributed by atoms with Gasteiger partial charge in [0.05, 0.1) is 6.04 Å². The maximum absolute atomic E-state index is 13.2. The summed E-state index contributed by atoms with van der Waals surface area (Å²) in [6.07, 6.45) is 0.947. The predicted molar refractivity (Wildman–Crippen MR) is 109 cm³/mol. The summed E-state index contributed by atoms with van der Waals surface area (Å²) in [5, 5.41) is 0. The van der Waals surface area contributed by atoms with Crippen molar-refractivity contribution >= 4 is 22.5 Å². The van der Waals surface area contributed by atoms with Crippen LogP contribution >= 0.6 is 0 Å². The quantitative estimate of drug-likeness (QED) is 0.347. The molecule has 3 nitrogen and oxygen atoms in total. The van der Waals surface area contributed by atoms with Crippen LogP contribution in [0.2, 0.25) is 36.3 Å². The van der Waals surface area contributed by atoms with Crippen LogP contribution in [0.1, 0.15) is 61.8 Å². The van der Waals surface area contributed by atoms with Gasteiger partial charge in [0.15, 0.2) is 16.6 Å². The van der Waals surface area contributed by atoms with E-state index in [9.17, 15) is 4.79 Å². The molecule has 0 unspecified atom stereocenters. The third-order valence-electron chi connectivity index (χ3n) is 6.67. The summed E-state index contributed by atoms with van der Waals surface area (Å²) in [4.78, 5) is 13.2. The third kappa shape index (κ3) is 3.99. The fraction of sp³-hybridized carbons (Fsp3) is 0.947. The number of carbonyl (C=O) groups is 1. The van der Waals surface area contributed by atoms with Crippen LogP contribution in [0.15, 0.2) is 0 Å². The van der Waals surface area contributed by atoms with Gasteiger partial charge in [-0.25, -0.2) is 0 Å². The highest BCUT2D eigenvalue weighted by atomic mass is 28.4. The predicted octanol–water partition coefficient (Wildman–Crippen LogP) is 5.64. The van der Waals surface area contributed by atoms with Crippen molar-refractivity contribution in [3.8, 4) is 0 Å². The Morgan fingerprint density at radius 1 is 0.917 bits per heavy atom. The Morgan fingerprint density at radius 2 is 1.38 bits per heavy atom. The van der Waals surface area contributed by atoms with Crippen LogP contribution in [0, 0.1) is 5.92 Å². The minimum atomic E-state index is -1.74. The normalized spacial score (nSPS) is 22.2. The highest BCUT2D eigenvalue weighted by Crippen LogP contribution is 2.40. The lowest BCUT2D eigenvalue weighted by molar-refractivity contribution is -0.156. The molecule has 0 aromatic rings. The largest absolute Gasteiger partial charge is 0.403 e. The van der Waals surface area contributed by atoms with E-state index in [1.165, 1.54) is 18.1 Å². The molecule has 1 aliphatic heterocycles. The van der Waals surface area contributed by atoms with Gasteiger partial charge in [0.1, 0.15) is 6.10 Å². The van der Waals surface area contributed by atoms with Crippen LogP contribution in [-0.4, -0.2) is 39.2 Å². The van der Waals surface area contributed by atoms with Gasteiger partial charge in [0.25, 0.3) is 0 Å². The summed E-state index contributed by atoms with van der Waals surface area (Å²) in [5.74, 6) is 0.931. The Hall–Kier alpha value is -0.136. The van der Waals surface area contributed by atoms with E-state index in [2.05, 4.69) is 60.0 Å². The van der Waals surface area contributed by atoms with Crippen molar-refractivity contribution in [3.63, 3.8) is 0 Å². The van der Waals surface area contributed by atoms with E-state index in [1.54, 1.807) is 0 Å². The lowest BCUT2D eigenvalue weighted by Gasteiger charge is -2.58. The van der Waals surface area contributed by atoms with E-state index in [4.69, 9.17) is 4.43 Å². The van der Waals surface area contributed by atoms with E-state index < -0.39 is 16.6 Å². The standard InChI is InChI=1S/C19H41NO2Si2/c1-9-23(10-2,11-3)20-17(15-16(7)8)18(19(20)21)22-24(12-4,13-5)14-6/h16-18H,9-15H2,1-8H3/t17-,18+/m0/s1. The number of carbonyl (C=O) groups excluding carboxylic acids is 1. The minimum Gasteiger partial charge on any atom is -0.403 e. The Balaban J connectivity index is 3.09. The van der Waals surface area contributed by atoms with E-state index in [1.807, 2.05) is 0 Å². The molecule has 0 N–H and O–H groups in total. The first kappa shape index (κ1) is 21.9. The molecule has 1 fully saturated rings. The number of hydrogen-bond acceptors (Lipinski definition) is 2. The number of β-lactam (4-membered cyclic amide) rings is 1. The maximum atomic E-state index is 13.2. The Kier molecular flexibility index (Phi) is 8.21. The molecule has 1 heterocycles. The molecular weight excluding hydrogens is 330 g/mol. The zero-order chi connectivity index (χ0) is 18.5. The zero-order valence-electron chi connectivity index (χ0n) is 17.4. The molecule has 142 valence electrons. The van der Waals surface area contributed by atoms with Gasteiger partial charge in [-0.05, 0) is 48.6 Å². The Morgan fingerprint density at radius 3 is 1.71 bits per heavy atom. The molecule has 0 aliphatic carbocycles. The lowest BCUT2D eigenvalue weighted by Crippen LogP contribution is -2.76. The van der Waals surface area contributed by atoms with Gasteiger partial charge in [-0.2, -0.15) is 0 Å². The molecule has 0 spiro atoms. The topological polar surface area (TPSA) is 29.5 Å². The molecule has 2 atom stereocenters. The van der Waals surface area contributed by atoms with E-state index >= 15 is 0 Å². The molecule has 0 saturated carbocycles. The van der Waals surface area contributed by atoms with Crippen molar-refractivity contribution in [2.24, 2.45) is 5.92 Å². The van der Waals surface area contributed by atoms with Crippen LogP contribution in [0.3, 0.4) is 0 Å². The zero-order valence-corrected chi connectivity index (χ0v) is 19.4. The number of nitrogens with zero attached hydrogens (tertiary/aromatic N) is 1. The van der Waals surface area contributed by atoms with Gasteiger partial charge in [-0.3, -0.25) is 4.79 Å². The van der Waals surface area contributed by atoms with E-state index in [0.717, 1.165) is 24.6 Å². The van der Waals surface area contributed by atoms with Gasteiger partial charge in [0, 0.05) is 0 Å². The molecule has 1 saturated heterocycles. The van der Waals surface area contributed by atoms with Crippen molar-refractivity contribution in [3.05, 3.63) is 0 Å². The highest BCUT2D eigenvalue weighted by Gasteiger charge is 2.57. The SMILES string of the molecule is CC[Si](CC)(CC)O[C@H]1C(=O)N([Si](CC)(CC)CC)[C@H]1CC(C)C. The molecule has 0 aromatic carbocycles. The third-order valence-corrected chi connectivity index (χ3v) is 16.8. The van der Waals surface area contributed by atoms with Crippen molar-refractivity contribution in [1.82, 2.24) is 4.57 Å².